The molecule has 0 aliphatic heterocycles. The van der Waals surface area contributed by atoms with Crippen molar-refractivity contribution < 1.29 is 137 Å². The average molecular weight is 842 g/mol. The van der Waals surface area contributed by atoms with E-state index in [2.05, 4.69) is 25.8 Å². The maximum atomic E-state index is 13.0. The number of azo groups is 2. The van der Waals surface area contributed by atoms with Crippen LogP contribution in [0.15, 0.2) is 138 Å². The topological polar surface area (TPSA) is 270 Å². The van der Waals surface area contributed by atoms with Crippen molar-refractivity contribution in [2.24, 2.45) is 20.5 Å². The summed E-state index contributed by atoms with van der Waals surface area (Å²) in [6.07, 6.45) is 0. The SMILES string of the molecule is Cc1cc(NC(=O)c2ccc(N=Nc3cc(S(=O)(=O)[O-])c4ccccc4c3O)cc2)ccc1N=Nc1ccc2cc(S(=O)(=O)[O-])cc(S(=O)(=O)[O-])c2c1.[Na+].[Na+].[Na+]. The molecule has 0 atom stereocenters. The van der Waals surface area contributed by atoms with Gasteiger partial charge in [0.05, 0.1) is 31.7 Å². The van der Waals surface area contributed by atoms with E-state index in [1.54, 1.807) is 31.2 Å². The number of carbonyl (C=O) groups is 1. The van der Waals surface area contributed by atoms with Crippen molar-refractivity contribution in [2.45, 2.75) is 21.6 Å². The molecule has 0 aliphatic carbocycles. The fourth-order valence-electron chi connectivity index (χ4n) is 5.25. The minimum Gasteiger partial charge on any atom is -0.744 e. The average Bonchev–Trinajstić information content (AvgIpc) is 3.09. The molecule has 6 rings (SSSR count). The van der Waals surface area contributed by atoms with Crippen LogP contribution in [0.3, 0.4) is 0 Å². The Balaban J connectivity index is 0.00000280. The third-order valence-electron chi connectivity index (χ3n) is 7.79. The summed E-state index contributed by atoms with van der Waals surface area (Å²) in [7, 11) is -15.1. The second kappa shape index (κ2) is 18.7. The molecule has 56 heavy (non-hydrogen) atoms. The van der Waals surface area contributed by atoms with E-state index in [1.807, 2.05) is 0 Å². The number of hydrogen-bond donors (Lipinski definition) is 2. The Morgan fingerprint density at radius 3 is 1.77 bits per heavy atom. The van der Waals surface area contributed by atoms with Crippen molar-refractivity contribution >= 4 is 86.2 Å². The van der Waals surface area contributed by atoms with Gasteiger partial charge in [0.1, 0.15) is 36.0 Å². The quantitative estimate of drug-likeness (QED) is 0.0897. The minimum atomic E-state index is -5.17. The first kappa shape index (κ1) is 47.4. The van der Waals surface area contributed by atoms with Gasteiger partial charge in [0, 0.05) is 27.4 Å². The summed E-state index contributed by atoms with van der Waals surface area (Å²) in [5, 5.41) is 29.5. The molecule has 0 heterocycles. The summed E-state index contributed by atoms with van der Waals surface area (Å²) in [5.74, 6) is -0.846. The first-order chi connectivity index (χ1) is 24.9. The van der Waals surface area contributed by atoms with Crippen LogP contribution in [0.25, 0.3) is 21.5 Å². The number of nitrogens with one attached hydrogen (secondary N) is 1. The van der Waals surface area contributed by atoms with E-state index in [0.29, 0.717) is 23.0 Å². The van der Waals surface area contributed by atoms with Gasteiger partial charge < -0.3 is 24.1 Å². The van der Waals surface area contributed by atoms with Gasteiger partial charge in [-0.05, 0) is 90.7 Å². The number of aryl methyl sites for hydroxylation is 1. The van der Waals surface area contributed by atoms with Crippen molar-refractivity contribution in [2.75, 3.05) is 5.32 Å². The number of fused-ring (bicyclic) bond motifs is 2. The minimum absolute atomic E-state index is 0. The number of phenols is 1. The molecule has 6 aromatic rings. The van der Waals surface area contributed by atoms with Crippen LogP contribution >= 0.6 is 0 Å². The predicted molar refractivity (Wildman–Crippen MR) is 187 cm³/mol. The molecule has 0 saturated carbocycles. The zero-order valence-electron chi connectivity index (χ0n) is 29.9. The fraction of sp³-hybridized carbons (Fsp3) is 0.0294. The summed E-state index contributed by atoms with van der Waals surface area (Å²) in [5.41, 5.74) is 1.74. The van der Waals surface area contributed by atoms with E-state index in [1.165, 1.54) is 60.7 Å². The number of benzene rings is 6. The number of rotatable bonds is 9. The fourth-order valence-corrected chi connectivity index (χ4v) is 7.27. The molecule has 0 bridgehead atoms. The summed E-state index contributed by atoms with van der Waals surface area (Å²) < 4.78 is 105. The Morgan fingerprint density at radius 2 is 1.16 bits per heavy atom. The summed E-state index contributed by atoms with van der Waals surface area (Å²) in [6.45, 7) is 1.69. The third kappa shape index (κ3) is 10.9. The summed E-state index contributed by atoms with van der Waals surface area (Å²) >= 11 is 0. The molecule has 1 amide bonds. The van der Waals surface area contributed by atoms with Crippen LogP contribution in [-0.2, 0) is 30.4 Å². The smallest absolute Gasteiger partial charge is 0.744 e. The van der Waals surface area contributed by atoms with Crippen LogP contribution in [0.4, 0.5) is 28.4 Å². The van der Waals surface area contributed by atoms with Crippen molar-refractivity contribution in [1.29, 1.82) is 0 Å². The first-order valence-electron chi connectivity index (χ1n) is 14.9. The van der Waals surface area contributed by atoms with E-state index in [-0.39, 0.29) is 139 Å². The van der Waals surface area contributed by atoms with Gasteiger partial charge in [0.2, 0.25) is 0 Å². The Bertz CT molecular complexity index is 2900. The third-order valence-corrected chi connectivity index (χ3v) is 10.4. The number of phenolic OH excluding ortho intramolecular Hbond substituents is 1. The van der Waals surface area contributed by atoms with Crippen LogP contribution in [0.1, 0.15) is 15.9 Å². The van der Waals surface area contributed by atoms with E-state index in [9.17, 15) is 48.8 Å². The molecule has 2 N–H and O–H groups in total. The van der Waals surface area contributed by atoms with E-state index < -0.39 is 50.9 Å². The van der Waals surface area contributed by atoms with Gasteiger partial charge in [-0.2, -0.15) is 15.3 Å². The molecule has 0 aromatic heterocycles. The van der Waals surface area contributed by atoms with Crippen molar-refractivity contribution in [3.8, 4) is 5.75 Å². The molecule has 0 spiro atoms. The molecule has 22 heteroatoms. The van der Waals surface area contributed by atoms with Gasteiger partial charge in [0.25, 0.3) is 5.91 Å². The normalized spacial score (nSPS) is 11.9. The monoisotopic (exact) mass is 841 g/mol. The van der Waals surface area contributed by atoms with Gasteiger partial charge in [0.15, 0.2) is 5.75 Å². The van der Waals surface area contributed by atoms with E-state index >= 15 is 0 Å². The molecule has 0 fully saturated rings. The van der Waals surface area contributed by atoms with Crippen molar-refractivity contribution in [3.05, 3.63) is 114 Å². The predicted octanol–water partition coefficient (Wildman–Crippen LogP) is -2.19. The number of amides is 1. The van der Waals surface area contributed by atoms with Gasteiger partial charge in [-0.15, -0.1) is 5.11 Å². The Kier molecular flexibility index (Phi) is 15.9. The maximum absolute atomic E-state index is 13.0. The molecule has 16 nitrogen and oxygen atoms in total. The molecule has 0 saturated heterocycles. The zero-order valence-corrected chi connectivity index (χ0v) is 38.3. The molecule has 0 aliphatic rings. The molecule has 270 valence electrons. The van der Waals surface area contributed by atoms with Crippen molar-refractivity contribution in [3.63, 3.8) is 0 Å². The second-order valence-corrected chi connectivity index (χ2v) is 15.5. The molecule has 0 unspecified atom stereocenters. The van der Waals surface area contributed by atoms with Gasteiger partial charge in [-0.1, -0.05) is 30.3 Å². The van der Waals surface area contributed by atoms with Gasteiger partial charge in [-0.3, -0.25) is 4.79 Å². The molecular weight excluding hydrogens is 820 g/mol. The molecule has 6 aromatic carbocycles. The first-order valence-corrected chi connectivity index (χ1v) is 19.2. The number of carbonyl (C=O) groups excluding carboxylic acids is 1. The largest absolute Gasteiger partial charge is 1.00 e. The number of nitrogens with zero attached hydrogens (tertiary/aromatic N) is 4. The Hall–Kier alpha value is -2.96. The van der Waals surface area contributed by atoms with E-state index in [0.717, 1.165) is 12.1 Å². The van der Waals surface area contributed by atoms with Crippen molar-refractivity contribution in [1.82, 2.24) is 0 Å². The van der Waals surface area contributed by atoms with Gasteiger partial charge >= 0.3 is 88.7 Å². The number of hydrogen-bond acceptors (Lipinski definition) is 15. The Labute approximate surface area is 386 Å². The van der Waals surface area contributed by atoms with Crippen LogP contribution in [0.2, 0.25) is 0 Å². The van der Waals surface area contributed by atoms with Crippen LogP contribution in [-0.4, -0.2) is 49.9 Å². The number of aromatic hydroxyl groups is 1. The molecular formula is C34H22N5Na3O11S3. The van der Waals surface area contributed by atoms with E-state index in [4.69, 9.17) is 0 Å². The zero-order chi connectivity index (χ0) is 38.3. The van der Waals surface area contributed by atoms with Crippen LogP contribution < -0.4 is 94.0 Å². The molecule has 0 radical (unpaired) electrons. The van der Waals surface area contributed by atoms with Crippen LogP contribution in [0.5, 0.6) is 5.75 Å². The van der Waals surface area contributed by atoms with Crippen LogP contribution in [0, 0.1) is 6.92 Å². The summed E-state index contributed by atoms with van der Waals surface area (Å²) in [6, 6.07) is 22.8. The second-order valence-electron chi connectivity index (χ2n) is 11.4. The summed E-state index contributed by atoms with van der Waals surface area (Å²) in [4.78, 5) is 10.6. The maximum Gasteiger partial charge on any atom is 1.00 e. The Morgan fingerprint density at radius 1 is 0.589 bits per heavy atom. The standard InChI is InChI=1S/C34H25N5O11S3.3Na/c1-19-14-23(12-13-29(19)38-37-24-11-8-21-15-25(51(42,43)44)17-31(28(21)16-24)52(45,46)47)35-34(41)20-6-9-22(10-7-20)36-39-30-18-32(53(48,49)50)26-4-2-3-5-27(26)33(30)40;;;/h2-18,40H,1H3,(H,35,41)(H,42,43,44)(H,45,46,47)(H,48,49,50);;;/q;3*+1/p-3. The van der Waals surface area contributed by atoms with Gasteiger partial charge in [-0.25, -0.2) is 25.3 Å². The number of anilines is 1.